The molecule has 0 bridgehead atoms. The van der Waals surface area contributed by atoms with Gasteiger partial charge in [0.05, 0.1) is 24.7 Å². The fourth-order valence-corrected chi connectivity index (χ4v) is 4.47. The largest absolute Gasteiger partial charge is 0.412 e. The molecule has 3 aromatic rings. The van der Waals surface area contributed by atoms with Crippen LogP contribution in [0.3, 0.4) is 0 Å². The molecule has 1 fully saturated rings. The summed E-state index contributed by atoms with van der Waals surface area (Å²) in [5.41, 5.74) is 2.63. The number of hydrogen-bond acceptors (Lipinski definition) is 8. The van der Waals surface area contributed by atoms with Crippen molar-refractivity contribution in [1.82, 2.24) is 19.9 Å². The van der Waals surface area contributed by atoms with Gasteiger partial charge in [-0.25, -0.2) is 24.3 Å². The highest BCUT2D eigenvalue weighted by Crippen LogP contribution is 2.37. The topological polar surface area (TPSA) is 85.6 Å². The first-order chi connectivity index (χ1) is 17.1. The maximum atomic E-state index is 15.4. The lowest BCUT2D eigenvalue weighted by molar-refractivity contribution is 0.271. The highest BCUT2D eigenvalue weighted by atomic mass is 28.4. The molecule has 0 unspecified atom stereocenters. The maximum absolute atomic E-state index is 15.4. The van der Waals surface area contributed by atoms with Crippen molar-refractivity contribution in [3.63, 3.8) is 0 Å². The fourth-order valence-electron chi connectivity index (χ4n) is 3.52. The third kappa shape index (κ3) is 6.11. The normalized spacial score (nSPS) is 14.6. The Kier molecular flexibility index (Phi) is 7.75. The van der Waals surface area contributed by atoms with Gasteiger partial charge in [0.25, 0.3) is 0 Å². The van der Waals surface area contributed by atoms with Crippen LogP contribution < -0.4 is 9.74 Å². The smallest absolute Gasteiger partial charge is 0.225 e. The average molecular weight is 509 g/mol. The quantitative estimate of drug-likeness (QED) is 0.302. The van der Waals surface area contributed by atoms with E-state index in [0.29, 0.717) is 28.4 Å². The number of rotatable bonds is 7. The second kappa shape index (κ2) is 10.8. The number of anilines is 1. The van der Waals surface area contributed by atoms with E-state index in [9.17, 15) is 0 Å². The number of piperidine rings is 1. The Bertz CT molecular complexity index is 1190. The van der Waals surface area contributed by atoms with E-state index in [0.717, 1.165) is 31.6 Å². The van der Waals surface area contributed by atoms with E-state index in [1.54, 1.807) is 36.9 Å². The van der Waals surface area contributed by atoms with E-state index >= 15 is 4.39 Å². The van der Waals surface area contributed by atoms with Crippen LogP contribution in [0.25, 0.3) is 11.1 Å². The van der Waals surface area contributed by atoms with Crippen LogP contribution >= 0.6 is 0 Å². The lowest BCUT2D eigenvalue weighted by Crippen LogP contribution is -2.40. The van der Waals surface area contributed by atoms with E-state index in [1.807, 2.05) is 6.07 Å². The standard InChI is InChI=1S/C26H33FN6O2Si/c1-26(2,3)36(4,5)34-17-19-7-6-8-23(24(19)27)20-13-30-25(31-14-20)33-11-9-21(10-12-33)32-35-22-15-28-18-29-16-22/h6-8,13-16,18H,9-12,17H2,1-5H3. The molecule has 1 saturated heterocycles. The summed E-state index contributed by atoms with van der Waals surface area (Å²) >= 11 is 0. The highest BCUT2D eigenvalue weighted by molar-refractivity contribution is 6.74. The van der Waals surface area contributed by atoms with Crippen molar-refractivity contribution in [3.8, 4) is 16.9 Å². The van der Waals surface area contributed by atoms with Crippen LogP contribution in [0.5, 0.6) is 5.75 Å². The van der Waals surface area contributed by atoms with Crippen molar-refractivity contribution in [2.45, 2.75) is 58.4 Å². The summed E-state index contributed by atoms with van der Waals surface area (Å²) in [5, 5.41) is 4.28. The molecule has 1 aromatic carbocycles. The van der Waals surface area contributed by atoms with E-state index < -0.39 is 8.32 Å². The van der Waals surface area contributed by atoms with Crippen LogP contribution in [0.1, 0.15) is 39.2 Å². The summed E-state index contributed by atoms with van der Waals surface area (Å²) in [6, 6.07) is 5.39. The van der Waals surface area contributed by atoms with Crippen molar-refractivity contribution in [1.29, 1.82) is 0 Å². The summed E-state index contributed by atoms with van der Waals surface area (Å²) in [6.45, 7) is 12.6. The lowest BCUT2D eigenvalue weighted by Gasteiger charge is -2.36. The molecule has 0 amide bonds. The van der Waals surface area contributed by atoms with Gasteiger partial charge in [-0.1, -0.05) is 44.1 Å². The van der Waals surface area contributed by atoms with Crippen LogP contribution in [0.4, 0.5) is 10.3 Å². The number of nitrogens with zero attached hydrogens (tertiary/aromatic N) is 6. The first-order valence-electron chi connectivity index (χ1n) is 12.1. The van der Waals surface area contributed by atoms with E-state index in [-0.39, 0.29) is 17.5 Å². The van der Waals surface area contributed by atoms with Gasteiger partial charge in [0.1, 0.15) is 12.1 Å². The number of halogens is 1. The van der Waals surface area contributed by atoms with Crippen LogP contribution in [-0.2, 0) is 11.0 Å². The van der Waals surface area contributed by atoms with Gasteiger partial charge in [0.2, 0.25) is 5.95 Å². The van der Waals surface area contributed by atoms with Crippen molar-refractivity contribution in [3.05, 3.63) is 60.7 Å². The summed E-state index contributed by atoms with van der Waals surface area (Å²) in [7, 11) is -1.98. The molecule has 4 rings (SSSR count). The fraction of sp³-hybridized carbons (Fsp3) is 0.423. The predicted octanol–water partition coefficient (Wildman–Crippen LogP) is 5.63. The Balaban J connectivity index is 1.38. The third-order valence-electron chi connectivity index (χ3n) is 6.86. The molecule has 0 aliphatic carbocycles. The Morgan fingerprint density at radius 3 is 2.33 bits per heavy atom. The van der Waals surface area contributed by atoms with Gasteiger partial charge >= 0.3 is 0 Å². The predicted molar refractivity (Wildman–Crippen MR) is 141 cm³/mol. The Hall–Kier alpha value is -3.24. The molecular formula is C26H33FN6O2Si. The lowest BCUT2D eigenvalue weighted by atomic mass is 10.1. The van der Waals surface area contributed by atoms with Crippen LogP contribution in [0.15, 0.2) is 54.5 Å². The Morgan fingerprint density at radius 2 is 1.69 bits per heavy atom. The molecule has 1 aliphatic heterocycles. The van der Waals surface area contributed by atoms with Crippen molar-refractivity contribution < 1.29 is 13.7 Å². The second-order valence-electron chi connectivity index (χ2n) is 10.4. The van der Waals surface area contributed by atoms with Gasteiger partial charge in [-0.2, -0.15) is 0 Å². The summed E-state index contributed by atoms with van der Waals surface area (Å²) in [5.74, 6) is 0.845. The van der Waals surface area contributed by atoms with Crippen molar-refractivity contribution in [2.24, 2.45) is 5.16 Å². The number of aromatic nitrogens is 4. The molecule has 0 radical (unpaired) electrons. The van der Waals surface area contributed by atoms with Crippen LogP contribution in [-0.4, -0.2) is 47.1 Å². The zero-order chi connectivity index (χ0) is 25.8. The number of oxime groups is 1. The van der Waals surface area contributed by atoms with Crippen LogP contribution in [0.2, 0.25) is 18.1 Å². The van der Waals surface area contributed by atoms with Gasteiger partial charge < -0.3 is 14.2 Å². The minimum absolute atomic E-state index is 0.0652. The molecular weight excluding hydrogens is 475 g/mol. The Labute approximate surface area is 212 Å². The number of benzene rings is 1. The molecule has 190 valence electrons. The van der Waals surface area contributed by atoms with E-state index in [2.05, 4.69) is 63.9 Å². The summed E-state index contributed by atoms with van der Waals surface area (Å²) in [4.78, 5) is 24.3. The van der Waals surface area contributed by atoms with Crippen molar-refractivity contribution in [2.75, 3.05) is 18.0 Å². The minimum Gasteiger partial charge on any atom is -0.412 e. The molecule has 8 nitrogen and oxygen atoms in total. The zero-order valence-electron chi connectivity index (χ0n) is 21.5. The molecule has 10 heteroatoms. The van der Waals surface area contributed by atoms with Gasteiger partial charge in [-0.15, -0.1) is 0 Å². The molecule has 0 N–H and O–H groups in total. The number of hydrogen-bond donors (Lipinski definition) is 0. The van der Waals surface area contributed by atoms with Gasteiger partial charge in [-0.05, 0) is 18.1 Å². The van der Waals surface area contributed by atoms with Crippen LogP contribution in [0, 0.1) is 5.82 Å². The second-order valence-corrected chi connectivity index (χ2v) is 15.2. The summed E-state index contributed by atoms with van der Waals surface area (Å²) in [6.07, 6.45) is 9.43. The SMILES string of the molecule is CC(C)(C)[Si](C)(C)OCc1cccc(-c2cnc(N3CCC(=NOc4cncnc4)CC3)nc2)c1F. The van der Waals surface area contributed by atoms with E-state index in [4.69, 9.17) is 9.26 Å². The monoisotopic (exact) mass is 508 g/mol. The zero-order valence-corrected chi connectivity index (χ0v) is 22.5. The highest BCUT2D eigenvalue weighted by Gasteiger charge is 2.37. The maximum Gasteiger partial charge on any atom is 0.225 e. The Morgan fingerprint density at radius 1 is 1.03 bits per heavy atom. The first kappa shape index (κ1) is 25.8. The molecule has 3 heterocycles. The van der Waals surface area contributed by atoms with Crippen molar-refractivity contribution >= 4 is 20.0 Å². The first-order valence-corrected chi connectivity index (χ1v) is 15.0. The summed E-state index contributed by atoms with van der Waals surface area (Å²) < 4.78 is 21.6. The van der Waals surface area contributed by atoms with Gasteiger partial charge in [-0.3, -0.25) is 0 Å². The molecule has 36 heavy (non-hydrogen) atoms. The average Bonchev–Trinajstić information content (AvgIpc) is 2.87. The molecule has 2 aromatic heterocycles. The van der Waals surface area contributed by atoms with Gasteiger partial charge in [0.15, 0.2) is 14.1 Å². The minimum atomic E-state index is -1.98. The third-order valence-corrected chi connectivity index (χ3v) is 11.3. The van der Waals surface area contributed by atoms with Gasteiger partial charge in [0, 0.05) is 55.0 Å². The van der Waals surface area contributed by atoms with E-state index in [1.165, 1.54) is 6.33 Å². The molecule has 1 aliphatic rings. The molecule has 0 atom stereocenters. The molecule has 0 saturated carbocycles. The molecule has 0 spiro atoms.